The second-order valence-corrected chi connectivity index (χ2v) is 9.07. The summed E-state index contributed by atoms with van der Waals surface area (Å²) >= 11 is 0. The van der Waals surface area contributed by atoms with Gasteiger partial charge in [-0.3, -0.25) is 0 Å². The van der Waals surface area contributed by atoms with Crippen LogP contribution >= 0.6 is 0 Å². The Kier molecular flexibility index (Phi) is 6.68. The largest absolute Gasteiger partial charge is 0.472 e. The minimum atomic E-state index is -1.63. The first-order valence-electron chi connectivity index (χ1n) is 11.4. The number of aliphatic hydroxyl groups is 5. The van der Waals surface area contributed by atoms with Gasteiger partial charge in [-0.1, -0.05) is 30.3 Å². The SMILES string of the molecule is O=C(C=Cc1ccccc1)O[C@H]1[C@@H]2C=CO[C@@H](O[C@@H]3O[C@H](CO)[C@@H](O)[C@H](O)[C@H]3O)[C@@H]2[C@@]2(CO)O[C@@H]12. The third-order valence-electron chi connectivity index (χ3n) is 7.06. The maximum Gasteiger partial charge on any atom is 0.331 e. The van der Waals surface area contributed by atoms with Crippen LogP contribution in [0.25, 0.3) is 6.08 Å². The number of epoxide rings is 1. The molecule has 1 aromatic rings. The summed E-state index contributed by atoms with van der Waals surface area (Å²) in [5.74, 6) is -1.64. The maximum atomic E-state index is 12.5. The maximum absolute atomic E-state index is 12.5. The van der Waals surface area contributed by atoms with Crippen molar-refractivity contribution in [3.05, 3.63) is 54.3 Å². The van der Waals surface area contributed by atoms with Crippen LogP contribution in [-0.4, -0.2) is 99.5 Å². The fourth-order valence-electron chi connectivity index (χ4n) is 5.19. The molecule has 1 aromatic carbocycles. The number of benzene rings is 1. The molecule has 0 amide bonds. The van der Waals surface area contributed by atoms with E-state index in [0.717, 1.165) is 5.56 Å². The average Bonchev–Trinajstić information content (AvgIpc) is 3.56. The molecule has 1 saturated carbocycles. The highest BCUT2D eigenvalue weighted by Gasteiger charge is 2.77. The Morgan fingerprint density at radius 3 is 2.54 bits per heavy atom. The van der Waals surface area contributed by atoms with E-state index in [2.05, 4.69) is 0 Å². The number of hydrogen-bond donors (Lipinski definition) is 5. The van der Waals surface area contributed by atoms with E-state index in [4.69, 9.17) is 23.7 Å². The highest BCUT2D eigenvalue weighted by atomic mass is 16.8. The third-order valence-corrected chi connectivity index (χ3v) is 7.06. The van der Waals surface area contributed by atoms with Crippen LogP contribution in [0.1, 0.15) is 5.56 Å². The Bertz CT molecular complexity index is 965. The summed E-state index contributed by atoms with van der Waals surface area (Å²) < 4.78 is 28.3. The Morgan fingerprint density at radius 2 is 1.83 bits per heavy atom. The van der Waals surface area contributed by atoms with Crippen molar-refractivity contribution in [2.75, 3.05) is 13.2 Å². The number of carbonyl (C=O) groups excluding carboxylic acids is 1. The van der Waals surface area contributed by atoms with Gasteiger partial charge in [-0.05, 0) is 17.7 Å². The molecule has 11 heteroatoms. The molecule has 11 nitrogen and oxygen atoms in total. The predicted molar refractivity (Wildman–Crippen MR) is 116 cm³/mol. The Morgan fingerprint density at radius 1 is 1.06 bits per heavy atom. The molecule has 3 aliphatic heterocycles. The lowest BCUT2D eigenvalue weighted by Crippen LogP contribution is -2.60. The zero-order valence-corrected chi connectivity index (χ0v) is 18.6. The molecule has 0 aromatic heterocycles. The number of hydrogen-bond acceptors (Lipinski definition) is 11. The molecule has 5 N–H and O–H groups in total. The summed E-state index contributed by atoms with van der Waals surface area (Å²) in [6.45, 7) is -0.999. The highest BCUT2D eigenvalue weighted by Crippen LogP contribution is 2.60. The normalized spacial score (nSPS) is 43.9. The molecule has 0 spiro atoms. The molecule has 0 unspecified atom stereocenters. The lowest BCUT2D eigenvalue weighted by molar-refractivity contribution is -0.344. The van der Waals surface area contributed by atoms with Crippen LogP contribution in [0.5, 0.6) is 0 Å². The van der Waals surface area contributed by atoms with Gasteiger partial charge in [-0.2, -0.15) is 0 Å². The Labute approximate surface area is 200 Å². The van der Waals surface area contributed by atoms with Gasteiger partial charge in [-0.15, -0.1) is 0 Å². The van der Waals surface area contributed by atoms with Crippen LogP contribution in [0, 0.1) is 11.8 Å². The molecule has 4 aliphatic rings. The number of aliphatic hydroxyl groups excluding tert-OH is 5. The molecule has 11 atom stereocenters. The van der Waals surface area contributed by atoms with Gasteiger partial charge < -0.3 is 49.2 Å². The standard InChI is InChI=1S/C24H28O11/c25-10-14-17(28)18(29)19(30)23(32-14)34-22-16-13(8-9-31-22)20(21-24(16,11-26)35-21)33-15(27)7-6-12-4-2-1-3-5-12/h1-9,13-14,16-23,25-26,28-30H,10-11H2/t13-,14-,16-,17-,18+,19-,20+,21+,22+,23+,24-/m1/s1. The first kappa shape index (κ1) is 24.3. The molecule has 35 heavy (non-hydrogen) atoms. The average molecular weight is 492 g/mol. The second kappa shape index (κ2) is 9.60. The molecule has 0 bridgehead atoms. The van der Waals surface area contributed by atoms with E-state index >= 15 is 0 Å². The molecule has 190 valence electrons. The van der Waals surface area contributed by atoms with Crippen LogP contribution in [0.4, 0.5) is 0 Å². The Hall–Kier alpha value is -2.35. The monoisotopic (exact) mass is 492 g/mol. The van der Waals surface area contributed by atoms with Crippen LogP contribution in [0.15, 0.2) is 48.7 Å². The van der Waals surface area contributed by atoms with Gasteiger partial charge in [0.1, 0.15) is 42.2 Å². The molecule has 1 aliphatic carbocycles. The van der Waals surface area contributed by atoms with Gasteiger partial charge in [0.2, 0.25) is 6.29 Å². The second-order valence-electron chi connectivity index (χ2n) is 9.07. The fourth-order valence-corrected chi connectivity index (χ4v) is 5.19. The summed E-state index contributed by atoms with van der Waals surface area (Å²) in [7, 11) is 0. The van der Waals surface area contributed by atoms with E-state index in [1.165, 1.54) is 12.3 Å². The van der Waals surface area contributed by atoms with Crippen molar-refractivity contribution in [3.8, 4) is 0 Å². The molecule has 5 rings (SSSR count). The zero-order chi connectivity index (χ0) is 24.7. The fraction of sp³-hybridized carbons (Fsp3) is 0.542. The van der Waals surface area contributed by atoms with E-state index < -0.39 is 85.8 Å². The molecule has 3 fully saturated rings. The van der Waals surface area contributed by atoms with E-state index in [0.29, 0.717) is 0 Å². The lowest BCUT2D eigenvalue weighted by atomic mass is 9.85. The van der Waals surface area contributed by atoms with Gasteiger partial charge in [-0.25, -0.2) is 4.79 Å². The summed E-state index contributed by atoms with van der Waals surface area (Å²) in [6.07, 6.45) is -3.78. The minimum Gasteiger partial charge on any atom is -0.472 e. The van der Waals surface area contributed by atoms with Crippen molar-refractivity contribution in [1.82, 2.24) is 0 Å². The number of rotatable bonds is 7. The highest BCUT2D eigenvalue weighted by molar-refractivity contribution is 5.87. The summed E-state index contributed by atoms with van der Waals surface area (Å²) in [5, 5.41) is 50.0. The van der Waals surface area contributed by atoms with Gasteiger partial charge >= 0.3 is 5.97 Å². The van der Waals surface area contributed by atoms with Gasteiger partial charge in [0, 0.05) is 12.0 Å². The van der Waals surface area contributed by atoms with E-state index in [-0.39, 0.29) is 0 Å². The van der Waals surface area contributed by atoms with Crippen LogP contribution in [0.3, 0.4) is 0 Å². The molecule has 2 saturated heterocycles. The topological polar surface area (TPSA) is 168 Å². The van der Waals surface area contributed by atoms with Crippen molar-refractivity contribution in [3.63, 3.8) is 0 Å². The molecule has 0 radical (unpaired) electrons. The molecule has 3 heterocycles. The number of ether oxygens (including phenoxy) is 5. The van der Waals surface area contributed by atoms with Gasteiger partial charge in [0.05, 0.1) is 25.4 Å². The van der Waals surface area contributed by atoms with Crippen molar-refractivity contribution in [2.45, 2.75) is 54.8 Å². The van der Waals surface area contributed by atoms with E-state index in [9.17, 15) is 30.3 Å². The smallest absolute Gasteiger partial charge is 0.331 e. The van der Waals surface area contributed by atoms with Crippen molar-refractivity contribution in [1.29, 1.82) is 0 Å². The first-order valence-corrected chi connectivity index (χ1v) is 11.4. The lowest BCUT2D eigenvalue weighted by Gasteiger charge is -2.43. The number of esters is 1. The predicted octanol–water partition coefficient (Wildman–Crippen LogP) is -1.33. The van der Waals surface area contributed by atoms with E-state index in [1.807, 2.05) is 30.3 Å². The van der Waals surface area contributed by atoms with Gasteiger partial charge in [0.15, 0.2) is 6.29 Å². The summed E-state index contributed by atoms with van der Waals surface area (Å²) in [6, 6.07) is 9.26. The molecular formula is C24H28O11. The quantitative estimate of drug-likeness (QED) is 0.174. The van der Waals surface area contributed by atoms with Crippen molar-refractivity contribution >= 4 is 12.0 Å². The number of fused-ring (bicyclic) bond motifs is 3. The van der Waals surface area contributed by atoms with Crippen molar-refractivity contribution in [2.24, 2.45) is 11.8 Å². The first-order chi connectivity index (χ1) is 16.9. The van der Waals surface area contributed by atoms with Gasteiger partial charge in [0.25, 0.3) is 0 Å². The van der Waals surface area contributed by atoms with E-state index in [1.54, 1.807) is 12.2 Å². The number of carbonyl (C=O) groups is 1. The molecular weight excluding hydrogens is 464 g/mol. The van der Waals surface area contributed by atoms with Crippen LogP contribution in [0.2, 0.25) is 0 Å². The summed E-state index contributed by atoms with van der Waals surface area (Å²) in [4.78, 5) is 12.5. The third kappa shape index (κ3) is 4.28. The van der Waals surface area contributed by atoms with Crippen molar-refractivity contribution < 1.29 is 54.0 Å². The Balaban J connectivity index is 1.31. The zero-order valence-electron chi connectivity index (χ0n) is 18.6. The van der Waals surface area contributed by atoms with Crippen LogP contribution < -0.4 is 0 Å². The van der Waals surface area contributed by atoms with Crippen LogP contribution in [-0.2, 0) is 28.5 Å². The summed E-state index contributed by atoms with van der Waals surface area (Å²) in [5.41, 5.74) is -0.262. The minimum absolute atomic E-state index is 0.390.